The largest absolute Gasteiger partial charge is 2.00 e. The molecule has 0 bridgehead atoms. The van der Waals surface area contributed by atoms with Gasteiger partial charge in [0.1, 0.15) is 43.1 Å². The van der Waals surface area contributed by atoms with Crippen LogP contribution in [-0.2, 0) is 20.2 Å². The van der Waals surface area contributed by atoms with Crippen LogP contribution in [0.4, 0.5) is 34.1 Å². The minimum Gasteiger partial charge on any atom is -0.744 e. The molecule has 0 amide bonds. The minimum absolute atomic E-state index is 0. The molecular formula is C34H24CaN6O12S2. The third kappa shape index (κ3) is 9.25. The van der Waals surface area contributed by atoms with Crippen molar-refractivity contribution < 1.29 is 46.0 Å². The summed E-state index contributed by atoms with van der Waals surface area (Å²) < 4.78 is 68.7. The van der Waals surface area contributed by atoms with Crippen LogP contribution in [0.2, 0.25) is 0 Å². The number of nitro benzene ring substituents is 2. The zero-order chi connectivity index (χ0) is 39.5. The number of nitro groups is 2. The van der Waals surface area contributed by atoms with E-state index in [-0.39, 0.29) is 93.4 Å². The van der Waals surface area contributed by atoms with Crippen molar-refractivity contribution in [3.8, 4) is 11.5 Å². The average molecular weight is 813 g/mol. The summed E-state index contributed by atoms with van der Waals surface area (Å²) in [5.41, 5.74) is 0.276. The Bertz CT molecular complexity index is 2610. The second-order valence-electron chi connectivity index (χ2n) is 11.3. The van der Waals surface area contributed by atoms with Crippen molar-refractivity contribution in [2.75, 3.05) is 0 Å². The molecule has 0 heterocycles. The number of nitrogens with zero attached hydrogens (tertiary/aromatic N) is 6. The Kier molecular flexibility index (Phi) is 13.0. The fourth-order valence-corrected chi connectivity index (χ4v) is 6.70. The Balaban J connectivity index is 0.000000240. The molecule has 0 saturated carbocycles. The van der Waals surface area contributed by atoms with Crippen molar-refractivity contribution in [1.82, 2.24) is 0 Å². The van der Waals surface area contributed by atoms with Gasteiger partial charge >= 0.3 is 37.7 Å². The molecule has 0 spiro atoms. The second kappa shape index (κ2) is 16.9. The van der Waals surface area contributed by atoms with Crippen LogP contribution in [0.25, 0.3) is 21.5 Å². The number of rotatable bonds is 8. The number of azo groups is 2. The Morgan fingerprint density at radius 3 is 1.13 bits per heavy atom. The number of hydrogen-bond acceptors (Lipinski definition) is 16. The molecule has 18 nitrogen and oxygen atoms in total. The van der Waals surface area contributed by atoms with Crippen molar-refractivity contribution in [3.05, 3.63) is 128 Å². The quantitative estimate of drug-likeness (QED) is 0.0489. The normalized spacial score (nSPS) is 11.7. The summed E-state index contributed by atoms with van der Waals surface area (Å²) in [4.78, 5) is 20.0. The molecule has 6 aromatic carbocycles. The maximum atomic E-state index is 11.5. The smallest absolute Gasteiger partial charge is 0.744 e. The average Bonchev–Trinajstić information content (AvgIpc) is 3.10. The number of aryl methyl sites for hydroxylation is 2. The molecule has 6 aromatic rings. The Hall–Kier alpha value is -5.48. The molecule has 0 unspecified atom stereocenters. The van der Waals surface area contributed by atoms with Crippen LogP contribution < -0.4 is 0 Å². The summed E-state index contributed by atoms with van der Waals surface area (Å²) in [5, 5.41) is 58.8. The Labute approximate surface area is 341 Å². The molecule has 6 rings (SSSR count). The molecule has 2 N–H and O–H groups in total. The minimum atomic E-state index is -4.83. The number of phenolic OH excluding ortho intramolecular Hbond substituents is 2. The van der Waals surface area contributed by atoms with Gasteiger partial charge in [0.05, 0.1) is 19.6 Å². The van der Waals surface area contributed by atoms with Gasteiger partial charge in [0.2, 0.25) is 0 Å². The van der Waals surface area contributed by atoms with Crippen LogP contribution in [0, 0.1) is 34.1 Å². The monoisotopic (exact) mass is 812 g/mol. The Morgan fingerprint density at radius 2 is 0.818 bits per heavy atom. The standard InChI is InChI=1S/2C17H13N3O6S.Ca/c2*1-10-5-4-8-13(20(22)23)16(10)18-19-17-12-7-3-2-6-11(12)15(9-14(17)21)27(24,25)26;/h2*2-9,21H,1H3,(H,24,25,26);/q;;+2/p-2. The van der Waals surface area contributed by atoms with Crippen molar-refractivity contribution in [2.45, 2.75) is 23.6 Å². The summed E-state index contributed by atoms with van der Waals surface area (Å²) in [5.74, 6) is -1.16. The first-order valence-electron chi connectivity index (χ1n) is 15.1. The van der Waals surface area contributed by atoms with Gasteiger partial charge in [0, 0.05) is 45.8 Å². The fourth-order valence-electron chi connectivity index (χ4n) is 5.29. The maximum absolute atomic E-state index is 11.5. The number of fused-ring (bicyclic) bond motifs is 2. The first-order chi connectivity index (χ1) is 25.4. The van der Waals surface area contributed by atoms with Crippen LogP contribution in [0.5, 0.6) is 11.5 Å². The van der Waals surface area contributed by atoms with E-state index in [1.54, 1.807) is 38.1 Å². The molecule has 0 saturated heterocycles. The third-order valence-corrected chi connectivity index (χ3v) is 9.53. The second-order valence-corrected chi connectivity index (χ2v) is 14.0. The molecule has 0 aliphatic heterocycles. The molecule has 0 fully saturated rings. The van der Waals surface area contributed by atoms with E-state index in [0.717, 1.165) is 12.1 Å². The van der Waals surface area contributed by atoms with Crippen LogP contribution in [0.3, 0.4) is 0 Å². The van der Waals surface area contributed by atoms with Gasteiger partial charge in [-0.05, 0) is 25.0 Å². The van der Waals surface area contributed by atoms with E-state index in [0.29, 0.717) is 11.1 Å². The SMILES string of the molecule is Cc1cccc([N+](=O)[O-])c1N=Nc1c(O)cc(S(=O)(=O)[O-])c2ccccc12.Cc1cccc([N+](=O)[O-])c1N=Nc1c(O)cc(S(=O)(=O)[O-])c2ccccc12.[Ca+2]. The molecular weight excluding hydrogens is 789 g/mol. The topological polar surface area (TPSA) is 291 Å². The first-order valence-corrected chi connectivity index (χ1v) is 17.9. The van der Waals surface area contributed by atoms with Crippen LogP contribution in [-0.4, -0.2) is 83.7 Å². The zero-order valence-electron chi connectivity index (χ0n) is 28.4. The van der Waals surface area contributed by atoms with Gasteiger partial charge in [-0.15, -0.1) is 20.5 Å². The number of aromatic hydroxyl groups is 2. The summed E-state index contributed by atoms with van der Waals surface area (Å²) >= 11 is 0. The molecule has 0 aromatic heterocycles. The van der Waals surface area contributed by atoms with Crippen LogP contribution in [0.1, 0.15) is 11.1 Å². The molecule has 0 radical (unpaired) electrons. The number of phenols is 2. The predicted molar refractivity (Wildman–Crippen MR) is 197 cm³/mol. The van der Waals surface area contributed by atoms with Gasteiger partial charge in [0.15, 0.2) is 11.4 Å². The summed E-state index contributed by atoms with van der Waals surface area (Å²) in [6, 6.07) is 22.3. The van der Waals surface area contributed by atoms with Gasteiger partial charge in [-0.25, -0.2) is 16.8 Å². The maximum Gasteiger partial charge on any atom is 2.00 e. The van der Waals surface area contributed by atoms with E-state index in [2.05, 4.69) is 20.5 Å². The molecule has 0 atom stereocenters. The fraction of sp³-hybridized carbons (Fsp3) is 0.0588. The Morgan fingerprint density at radius 1 is 0.509 bits per heavy atom. The van der Waals surface area contributed by atoms with E-state index < -0.39 is 51.4 Å². The molecule has 0 aliphatic carbocycles. The predicted octanol–water partition coefficient (Wildman–Crippen LogP) is 7.78. The van der Waals surface area contributed by atoms with Crippen molar-refractivity contribution in [3.63, 3.8) is 0 Å². The van der Waals surface area contributed by atoms with E-state index >= 15 is 0 Å². The third-order valence-electron chi connectivity index (χ3n) is 7.78. The number of hydrogen-bond donors (Lipinski definition) is 2. The molecule has 21 heteroatoms. The van der Waals surface area contributed by atoms with E-state index in [9.17, 15) is 56.4 Å². The van der Waals surface area contributed by atoms with Gasteiger partial charge < -0.3 is 19.3 Å². The summed E-state index contributed by atoms with van der Waals surface area (Å²) in [7, 11) is -9.66. The number of benzene rings is 6. The van der Waals surface area contributed by atoms with Crippen molar-refractivity contribution in [1.29, 1.82) is 0 Å². The van der Waals surface area contributed by atoms with Crippen LogP contribution in [0.15, 0.2) is 127 Å². The van der Waals surface area contributed by atoms with E-state index in [4.69, 9.17) is 0 Å². The summed E-state index contributed by atoms with van der Waals surface area (Å²) in [6.45, 7) is 3.23. The molecule has 276 valence electrons. The van der Waals surface area contributed by atoms with Crippen molar-refractivity contribution >= 4 is 114 Å². The van der Waals surface area contributed by atoms with E-state index in [1.807, 2.05) is 0 Å². The van der Waals surface area contributed by atoms with Crippen molar-refractivity contribution in [2.24, 2.45) is 20.5 Å². The summed E-state index contributed by atoms with van der Waals surface area (Å²) in [6.07, 6.45) is 0. The zero-order valence-corrected chi connectivity index (χ0v) is 32.3. The van der Waals surface area contributed by atoms with Gasteiger partial charge in [0.25, 0.3) is 11.4 Å². The molecule has 55 heavy (non-hydrogen) atoms. The van der Waals surface area contributed by atoms with E-state index in [1.165, 1.54) is 60.7 Å². The van der Waals surface area contributed by atoms with Gasteiger partial charge in [-0.3, -0.25) is 20.2 Å². The molecule has 0 aliphatic rings. The van der Waals surface area contributed by atoms with Gasteiger partial charge in [-0.1, -0.05) is 72.8 Å². The van der Waals surface area contributed by atoms with Gasteiger partial charge in [-0.2, -0.15) is 0 Å². The van der Waals surface area contributed by atoms with Crippen LogP contribution >= 0.6 is 0 Å². The first kappa shape index (κ1) is 42.3.